The second-order valence-electron chi connectivity index (χ2n) is 6.98. The maximum atomic E-state index is 14.2. The number of phenols is 1. The molecule has 0 radical (unpaired) electrons. The SMILES string of the molecule is CC(=O)O.CC(C)/C(=N\NC(=O)C1CCN(C)CC1)c1c(F)ccc(Br)c1O. The predicted molar refractivity (Wildman–Crippen MR) is 109 cm³/mol. The largest absolute Gasteiger partial charge is 0.506 e. The highest BCUT2D eigenvalue weighted by atomic mass is 79.9. The van der Waals surface area contributed by atoms with Crippen LogP contribution in [0.1, 0.15) is 39.2 Å². The number of phenolic OH excluding ortho intramolecular Hbond substituents is 1. The molecule has 1 aliphatic rings. The van der Waals surface area contributed by atoms with E-state index in [1.165, 1.54) is 12.1 Å². The number of hydrogen-bond acceptors (Lipinski definition) is 5. The average molecular weight is 460 g/mol. The number of benzene rings is 1. The number of nitrogens with zero attached hydrogens (tertiary/aromatic N) is 2. The summed E-state index contributed by atoms with van der Waals surface area (Å²) in [5, 5.41) is 21.7. The van der Waals surface area contributed by atoms with E-state index in [-0.39, 0.29) is 29.1 Å². The zero-order valence-electron chi connectivity index (χ0n) is 16.5. The Labute approximate surface area is 172 Å². The van der Waals surface area contributed by atoms with Crippen molar-refractivity contribution in [1.29, 1.82) is 0 Å². The first kappa shape index (κ1) is 24.0. The zero-order chi connectivity index (χ0) is 21.4. The van der Waals surface area contributed by atoms with E-state index in [4.69, 9.17) is 9.90 Å². The summed E-state index contributed by atoms with van der Waals surface area (Å²) in [6, 6.07) is 2.69. The molecule has 2 rings (SSSR count). The Morgan fingerprint density at radius 3 is 2.36 bits per heavy atom. The van der Waals surface area contributed by atoms with Gasteiger partial charge >= 0.3 is 0 Å². The molecule has 0 bridgehead atoms. The Hall–Kier alpha value is -2.00. The number of carboxylic acid groups (broad SMARTS) is 1. The fourth-order valence-corrected chi connectivity index (χ4v) is 3.07. The summed E-state index contributed by atoms with van der Waals surface area (Å²) < 4.78 is 14.6. The van der Waals surface area contributed by atoms with E-state index in [9.17, 15) is 14.3 Å². The number of aromatic hydroxyl groups is 1. The summed E-state index contributed by atoms with van der Waals surface area (Å²) in [5.41, 5.74) is 2.89. The Kier molecular flexibility index (Phi) is 9.54. The summed E-state index contributed by atoms with van der Waals surface area (Å²) >= 11 is 3.18. The van der Waals surface area contributed by atoms with Crippen molar-refractivity contribution in [2.75, 3.05) is 20.1 Å². The predicted octanol–water partition coefficient (Wildman–Crippen LogP) is 3.20. The highest BCUT2D eigenvalue weighted by Crippen LogP contribution is 2.31. The van der Waals surface area contributed by atoms with Gasteiger partial charge in [-0.15, -0.1) is 0 Å². The number of aliphatic carboxylic acids is 1. The first-order valence-corrected chi connectivity index (χ1v) is 9.76. The molecule has 1 aliphatic heterocycles. The summed E-state index contributed by atoms with van der Waals surface area (Å²) in [5.74, 6) is -2.03. The molecule has 3 N–H and O–H groups in total. The van der Waals surface area contributed by atoms with Gasteiger partial charge in [-0.2, -0.15) is 5.10 Å². The number of carboxylic acids is 1. The lowest BCUT2D eigenvalue weighted by molar-refractivity contribution is -0.134. The Bertz CT molecular complexity index is 728. The lowest BCUT2D eigenvalue weighted by Gasteiger charge is -2.27. The molecule has 1 aromatic carbocycles. The number of piperidine rings is 1. The molecule has 1 fully saturated rings. The second-order valence-corrected chi connectivity index (χ2v) is 7.83. The Balaban J connectivity index is 0.000000892. The molecule has 1 aromatic rings. The molecule has 7 nitrogen and oxygen atoms in total. The molecule has 28 heavy (non-hydrogen) atoms. The van der Waals surface area contributed by atoms with Crippen LogP contribution in [0.2, 0.25) is 0 Å². The monoisotopic (exact) mass is 459 g/mol. The van der Waals surface area contributed by atoms with Crippen LogP contribution in [0.5, 0.6) is 5.75 Å². The molecule has 1 amide bonds. The van der Waals surface area contributed by atoms with Gasteiger partial charge in [0.25, 0.3) is 5.97 Å². The van der Waals surface area contributed by atoms with Crippen LogP contribution in [0.25, 0.3) is 0 Å². The first-order chi connectivity index (χ1) is 13.0. The van der Waals surface area contributed by atoms with Gasteiger partial charge in [-0.3, -0.25) is 9.59 Å². The molecule has 156 valence electrons. The maximum Gasteiger partial charge on any atom is 0.300 e. The van der Waals surface area contributed by atoms with Crippen LogP contribution in [0, 0.1) is 17.7 Å². The fraction of sp³-hybridized carbons (Fsp3) is 0.526. The minimum atomic E-state index is -0.833. The number of likely N-dealkylation sites (tertiary alicyclic amines) is 1. The molecule has 0 aliphatic carbocycles. The van der Waals surface area contributed by atoms with Crippen LogP contribution >= 0.6 is 15.9 Å². The summed E-state index contributed by atoms with van der Waals surface area (Å²) in [6.45, 7) is 6.50. The van der Waals surface area contributed by atoms with Crippen LogP contribution in [-0.2, 0) is 9.59 Å². The van der Waals surface area contributed by atoms with Gasteiger partial charge in [0.15, 0.2) is 0 Å². The molecular weight excluding hydrogens is 433 g/mol. The molecule has 9 heteroatoms. The topological polar surface area (TPSA) is 102 Å². The minimum Gasteiger partial charge on any atom is -0.506 e. The molecular formula is C19H27BrFN3O4. The smallest absolute Gasteiger partial charge is 0.300 e. The molecule has 0 aromatic heterocycles. The van der Waals surface area contributed by atoms with E-state index in [2.05, 4.69) is 31.4 Å². The van der Waals surface area contributed by atoms with Crippen LogP contribution < -0.4 is 5.43 Å². The van der Waals surface area contributed by atoms with Crippen molar-refractivity contribution in [1.82, 2.24) is 10.3 Å². The maximum absolute atomic E-state index is 14.2. The number of halogens is 2. The van der Waals surface area contributed by atoms with Crippen molar-refractivity contribution in [2.24, 2.45) is 16.9 Å². The normalized spacial score (nSPS) is 15.8. The quantitative estimate of drug-likeness (QED) is 0.473. The number of rotatable bonds is 4. The third-order valence-corrected chi connectivity index (χ3v) is 4.90. The lowest BCUT2D eigenvalue weighted by atomic mass is 9.96. The molecule has 0 spiro atoms. The van der Waals surface area contributed by atoms with Crippen molar-refractivity contribution in [3.63, 3.8) is 0 Å². The van der Waals surface area contributed by atoms with Crippen LogP contribution in [-0.4, -0.2) is 52.8 Å². The van der Waals surface area contributed by atoms with Gasteiger partial charge in [0.05, 0.1) is 15.7 Å². The molecule has 0 atom stereocenters. The Morgan fingerprint density at radius 1 is 1.32 bits per heavy atom. The third kappa shape index (κ3) is 7.20. The standard InChI is InChI=1S/C17H23BrFN3O2.C2H4O2/c1-10(2)15(14-13(19)5-4-12(18)16(14)23)20-21-17(24)11-6-8-22(3)9-7-11;1-2(3)4/h4-5,10-11,23H,6-9H2,1-3H3,(H,21,24);1H3,(H,3,4)/b20-15+;. The second kappa shape index (κ2) is 11.1. The summed E-state index contributed by atoms with van der Waals surface area (Å²) in [7, 11) is 2.03. The van der Waals surface area contributed by atoms with Crippen LogP contribution in [0.3, 0.4) is 0 Å². The molecule has 1 heterocycles. The van der Waals surface area contributed by atoms with E-state index >= 15 is 0 Å². The van der Waals surface area contributed by atoms with Crippen molar-refractivity contribution in [3.8, 4) is 5.75 Å². The zero-order valence-corrected chi connectivity index (χ0v) is 18.1. The molecule has 0 unspecified atom stereocenters. The van der Waals surface area contributed by atoms with Gasteiger partial charge < -0.3 is 15.1 Å². The number of nitrogens with one attached hydrogen (secondary N) is 1. The van der Waals surface area contributed by atoms with E-state index in [1.807, 2.05) is 20.9 Å². The van der Waals surface area contributed by atoms with Crippen LogP contribution in [0.4, 0.5) is 4.39 Å². The average Bonchev–Trinajstić information content (AvgIpc) is 2.60. The highest BCUT2D eigenvalue weighted by molar-refractivity contribution is 9.10. The number of hydrazone groups is 1. The van der Waals surface area contributed by atoms with Crippen molar-refractivity contribution < 1.29 is 24.2 Å². The van der Waals surface area contributed by atoms with Crippen molar-refractivity contribution in [2.45, 2.75) is 33.6 Å². The Morgan fingerprint density at radius 2 is 1.86 bits per heavy atom. The summed E-state index contributed by atoms with van der Waals surface area (Å²) in [4.78, 5) is 23.5. The summed E-state index contributed by atoms with van der Waals surface area (Å²) in [6.07, 6.45) is 1.57. The molecule has 1 saturated heterocycles. The van der Waals surface area contributed by atoms with Gasteiger partial charge in [0, 0.05) is 12.8 Å². The number of carbonyl (C=O) groups is 2. The number of amides is 1. The van der Waals surface area contributed by atoms with Crippen molar-refractivity contribution >= 4 is 33.5 Å². The van der Waals surface area contributed by atoms with Gasteiger partial charge in [0.2, 0.25) is 5.91 Å². The van der Waals surface area contributed by atoms with Gasteiger partial charge in [-0.25, -0.2) is 9.82 Å². The van der Waals surface area contributed by atoms with E-state index in [0.717, 1.165) is 32.9 Å². The first-order valence-electron chi connectivity index (χ1n) is 8.97. The van der Waals surface area contributed by atoms with Gasteiger partial charge in [-0.05, 0) is 67.0 Å². The van der Waals surface area contributed by atoms with E-state index < -0.39 is 11.8 Å². The van der Waals surface area contributed by atoms with Gasteiger partial charge in [0.1, 0.15) is 11.6 Å². The lowest BCUT2D eigenvalue weighted by Crippen LogP contribution is -2.38. The van der Waals surface area contributed by atoms with Crippen LogP contribution in [0.15, 0.2) is 21.7 Å². The van der Waals surface area contributed by atoms with Crippen molar-refractivity contribution in [3.05, 3.63) is 28.0 Å². The third-order valence-electron chi connectivity index (χ3n) is 4.26. The van der Waals surface area contributed by atoms with E-state index in [0.29, 0.717) is 10.2 Å². The minimum absolute atomic E-state index is 0.0167. The number of carbonyl (C=O) groups excluding carboxylic acids is 1. The number of hydrogen-bond donors (Lipinski definition) is 3. The fourth-order valence-electron chi connectivity index (χ4n) is 2.74. The van der Waals surface area contributed by atoms with E-state index in [1.54, 1.807) is 0 Å². The molecule has 0 saturated carbocycles. The van der Waals surface area contributed by atoms with Gasteiger partial charge in [-0.1, -0.05) is 13.8 Å². The highest BCUT2D eigenvalue weighted by Gasteiger charge is 2.24.